The first-order valence-electron chi connectivity index (χ1n) is 5.35. The Labute approximate surface area is 129 Å². The van der Waals surface area contributed by atoms with Crippen LogP contribution in [0.4, 0.5) is 0 Å². The van der Waals surface area contributed by atoms with Gasteiger partial charge in [0.25, 0.3) is 0 Å². The molecule has 1 rings (SSSR count). The molecule has 0 fully saturated rings. The molecule has 0 aliphatic rings. The van der Waals surface area contributed by atoms with E-state index < -0.39 is 5.97 Å². The molecule has 0 unspecified atom stereocenters. The molecule has 0 N–H and O–H groups in total. The molecule has 1 aromatic carbocycles. The molecule has 0 aliphatic carbocycles. The number of hydrogen-bond acceptors (Lipinski definition) is 3. The van der Waals surface area contributed by atoms with Crippen molar-refractivity contribution < 1.29 is 44.3 Å². The van der Waals surface area contributed by atoms with Crippen LogP contribution >= 0.6 is 0 Å². The van der Waals surface area contributed by atoms with E-state index in [9.17, 15) is 14.7 Å². The summed E-state index contributed by atoms with van der Waals surface area (Å²) in [7, 11) is 0. The van der Waals surface area contributed by atoms with Gasteiger partial charge in [0, 0.05) is 5.56 Å². The minimum Gasteiger partial charge on any atom is -0.545 e. The Kier molecular flexibility index (Phi) is 6.54. The molecule has 0 saturated heterocycles. The zero-order chi connectivity index (χ0) is 13.2. The third-order valence-corrected chi connectivity index (χ3v) is 2.98. The number of carbonyl (C=O) groups excluding carboxylic acids is 2. The Bertz CT molecular complexity index is 490. The Hall–Kier alpha value is -0.900. The quantitative estimate of drug-likeness (QED) is 0.371. The van der Waals surface area contributed by atoms with Crippen LogP contribution < -0.4 is 34.7 Å². The van der Waals surface area contributed by atoms with E-state index in [0.29, 0.717) is 5.56 Å². The molecular weight excluding hydrogens is 239 g/mol. The molecule has 3 nitrogen and oxygen atoms in total. The maximum atomic E-state index is 11.9. The molecule has 0 amide bonds. The van der Waals surface area contributed by atoms with E-state index in [1.165, 1.54) is 0 Å². The topological polar surface area (TPSA) is 57.2 Å². The summed E-state index contributed by atoms with van der Waals surface area (Å²) >= 11 is 0. The molecule has 0 heterocycles. The molecule has 18 heavy (non-hydrogen) atoms. The molecule has 0 bridgehead atoms. The number of carbonyl (C=O) groups is 2. The number of rotatable bonds is 3. The van der Waals surface area contributed by atoms with Gasteiger partial charge in [0.2, 0.25) is 0 Å². The standard InChI is InChI=1S/C14H16O3.Na/c1-8-7-9(2)11(4)14(10(8)3)12(15)5-6-13(16)17;/h5-7H,1-4H3,(H,16,17);/q;+1/p-1/b6-5+;. The third-order valence-electron chi connectivity index (χ3n) is 2.98. The van der Waals surface area contributed by atoms with Crippen molar-refractivity contribution >= 4 is 11.8 Å². The molecule has 1 aromatic rings. The van der Waals surface area contributed by atoms with Crippen molar-refractivity contribution in [3.63, 3.8) is 0 Å². The first kappa shape index (κ1) is 17.1. The fourth-order valence-electron chi connectivity index (χ4n) is 1.81. The summed E-state index contributed by atoms with van der Waals surface area (Å²) in [4.78, 5) is 22.2. The first-order chi connectivity index (χ1) is 7.84. The summed E-state index contributed by atoms with van der Waals surface area (Å²) in [6, 6.07) is 2.02. The van der Waals surface area contributed by atoms with Crippen LogP contribution in [0, 0.1) is 27.7 Å². The molecule has 0 spiro atoms. The average molecular weight is 254 g/mol. The number of ketones is 1. The predicted molar refractivity (Wildman–Crippen MR) is 63.9 cm³/mol. The SMILES string of the molecule is Cc1cc(C)c(C)c(C(=O)/C=C/C(=O)[O-])c1C.[Na+]. The van der Waals surface area contributed by atoms with Gasteiger partial charge in [-0.1, -0.05) is 6.07 Å². The van der Waals surface area contributed by atoms with Gasteiger partial charge < -0.3 is 9.90 Å². The van der Waals surface area contributed by atoms with Gasteiger partial charge in [-0.3, -0.25) is 4.79 Å². The maximum Gasteiger partial charge on any atom is 1.00 e. The van der Waals surface area contributed by atoms with E-state index >= 15 is 0 Å². The summed E-state index contributed by atoms with van der Waals surface area (Å²) in [5.41, 5.74) is 4.42. The number of carboxylic acids is 1. The smallest absolute Gasteiger partial charge is 0.545 e. The molecule has 0 aromatic heterocycles. The second kappa shape index (κ2) is 6.88. The van der Waals surface area contributed by atoms with Gasteiger partial charge in [-0.25, -0.2) is 0 Å². The van der Waals surface area contributed by atoms with Crippen LogP contribution in [-0.4, -0.2) is 11.8 Å². The van der Waals surface area contributed by atoms with Gasteiger partial charge >= 0.3 is 29.6 Å². The fraction of sp³-hybridized carbons (Fsp3) is 0.286. The van der Waals surface area contributed by atoms with Gasteiger partial charge in [-0.15, -0.1) is 0 Å². The largest absolute Gasteiger partial charge is 1.00 e. The van der Waals surface area contributed by atoms with Crippen molar-refractivity contribution in [2.45, 2.75) is 27.7 Å². The van der Waals surface area contributed by atoms with Crippen LogP contribution in [0.1, 0.15) is 32.6 Å². The Morgan fingerprint density at radius 2 is 1.44 bits per heavy atom. The van der Waals surface area contributed by atoms with E-state index in [0.717, 1.165) is 34.4 Å². The molecule has 0 radical (unpaired) electrons. The number of aryl methyl sites for hydroxylation is 2. The molecule has 0 aliphatic heterocycles. The van der Waals surface area contributed by atoms with E-state index in [2.05, 4.69) is 0 Å². The van der Waals surface area contributed by atoms with E-state index in [-0.39, 0.29) is 35.3 Å². The molecule has 4 heteroatoms. The number of aliphatic carboxylic acids is 1. The van der Waals surface area contributed by atoms with Crippen molar-refractivity contribution in [2.75, 3.05) is 0 Å². The summed E-state index contributed by atoms with van der Waals surface area (Å²) < 4.78 is 0. The number of hydrogen-bond donors (Lipinski definition) is 0. The fourth-order valence-corrected chi connectivity index (χ4v) is 1.81. The van der Waals surface area contributed by atoms with Gasteiger partial charge in [-0.05, 0) is 62.1 Å². The van der Waals surface area contributed by atoms with Gasteiger partial charge in [0.15, 0.2) is 5.78 Å². The molecule has 0 saturated carbocycles. The second-order valence-corrected chi connectivity index (χ2v) is 4.15. The third kappa shape index (κ3) is 3.80. The van der Waals surface area contributed by atoms with E-state index in [1.807, 2.05) is 33.8 Å². The van der Waals surface area contributed by atoms with Crippen LogP contribution in [0.15, 0.2) is 18.2 Å². The van der Waals surface area contributed by atoms with Crippen LogP contribution in [0.2, 0.25) is 0 Å². The van der Waals surface area contributed by atoms with Gasteiger partial charge in [0.05, 0.1) is 5.97 Å². The first-order valence-corrected chi connectivity index (χ1v) is 5.35. The van der Waals surface area contributed by atoms with Crippen LogP contribution in [-0.2, 0) is 4.79 Å². The van der Waals surface area contributed by atoms with Gasteiger partial charge in [-0.2, -0.15) is 0 Å². The molecule has 90 valence electrons. The van der Waals surface area contributed by atoms with Crippen molar-refractivity contribution in [3.05, 3.63) is 46.0 Å². The van der Waals surface area contributed by atoms with E-state index in [4.69, 9.17) is 0 Å². The van der Waals surface area contributed by atoms with Crippen molar-refractivity contribution in [1.29, 1.82) is 0 Å². The monoisotopic (exact) mass is 254 g/mol. The molecule has 0 atom stereocenters. The number of carboxylic acid groups (broad SMARTS) is 1. The molecular formula is C14H15NaO3. The van der Waals surface area contributed by atoms with Crippen molar-refractivity contribution in [3.8, 4) is 0 Å². The van der Waals surface area contributed by atoms with E-state index in [1.54, 1.807) is 0 Å². The van der Waals surface area contributed by atoms with Crippen molar-refractivity contribution in [2.24, 2.45) is 0 Å². The normalized spacial score (nSPS) is 10.2. The second-order valence-electron chi connectivity index (χ2n) is 4.15. The van der Waals surface area contributed by atoms with Crippen LogP contribution in [0.25, 0.3) is 0 Å². The average Bonchev–Trinajstić information content (AvgIpc) is 2.24. The van der Waals surface area contributed by atoms with Crippen LogP contribution in [0.3, 0.4) is 0 Å². The minimum absolute atomic E-state index is 0. The van der Waals surface area contributed by atoms with Crippen molar-refractivity contribution in [1.82, 2.24) is 0 Å². The Morgan fingerprint density at radius 1 is 1.00 bits per heavy atom. The Balaban J connectivity index is 0.00000289. The number of allylic oxidation sites excluding steroid dienone is 1. The summed E-state index contributed by atoms with van der Waals surface area (Å²) in [5.74, 6) is -1.66. The minimum atomic E-state index is -1.36. The maximum absolute atomic E-state index is 11.9. The Morgan fingerprint density at radius 3 is 1.83 bits per heavy atom. The zero-order valence-electron chi connectivity index (χ0n) is 11.5. The zero-order valence-corrected chi connectivity index (χ0v) is 13.5. The van der Waals surface area contributed by atoms with Crippen LogP contribution in [0.5, 0.6) is 0 Å². The summed E-state index contributed by atoms with van der Waals surface area (Å²) in [5, 5.41) is 10.3. The number of benzene rings is 1. The summed E-state index contributed by atoms with van der Waals surface area (Å²) in [6.45, 7) is 7.59. The predicted octanol–water partition coefficient (Wildman–Crippen LogP) is -1.59. The summed E-state index contributed by atoms with van der Waals surface area (Å²) in [6.07, 6.45) is 1.81. The van der Waals surface area contributed by atoms with Gasteiger partial charge in [0.1, 0.15) is 0 Å².